The van der Waals surface area contributed by atoms with Crippen molar-refractivity contribution in [2.75, 3.05) is 19.0 Å². The second-order valence-electron chi connectivity index (χ2n) is 5.19. The van der Waals surface area contributed by atoms with Gasteiger partial charge < -0.3 is 15.4 Å². The molecule has 0 aliphatic rings. The standard InChI is InChI=1S/C17H22N4O2/c1-5-18-17(22)13-6-7-15(20-9-13)21-10-14-12(3)16(23-4)11(2)8-19-14/h6-9H,5,10H2,1-4H3,(H,18,22)(H,20,21). The molecule has 0 radical (unpaired) electrons. The molecule has 23 heavy (non-hydrogen) atoms. The molecule has 2 aromatic heterocycles. The zero-order chi connectivity index (χ0) is 16.8. The van der Waals surface area contributed by atoms with Crippen molar-refractivity contribution in [2.24, 2.45) is 0 Å². The fraction of sp³-hybridized carbons (Fsp3) is 0.353. The lowest BCUT2D eigenvalue weighted by atomic mass is 10.1. The molecular weight excluding hydrogens is 292 g/mol. The van der Waals surface area contributed by atoms with E-state index in [0.29, 0.717) is 24.5 Å². The van der Waals surface area contributed by atoms with Crippen molar-refractivity contribution >= 4 is 11.7 Å². The highest BCUT2D eigenvalue weighted by molar-refractivity contribution is 5.93. The van der Waals surface area contributed by atoms with Gasteiger partial charge in [-0.15, -0.1) is 0 Å². The number of hydrogen-bond donors (Lipinski definition) is 2. The lowest BCUT2D eigenvalue weighted by Crippen LogP contribution is -2.22. The molecule has 6 nitrogen and oxygen atoms in total. The number of rotatable bonds is 6. The van der Waals surface area contributed by atoms with Crippen LogP contribution in [0.3, 0.4) is 0 Å². The molecule has 0 atom stereocenters. The maximum Gasteiger partial charge on any atom is 0.252 e. The quantitative estimate of drug-likeness (QED) is 0.856. The Balaban J connectivity index is 2.05. The first-order chi connectivity index (χ1) is 11.1. The number of hydrogen-bond acceptors (Lipinski definition) is 5. The Bertz CT molecular complexity index is 684. The molecule has 0 aromatic carbocycles. The van der Waals surface area contributed by atoms with Crippen LogP contribution in [0.4, 0.5) is 5.82 Å². The molecule has 6 heteroatoms. The van der Waals surface area contributed by atoms with Crippen molar-refractivity contribution in [2.45, 2.75) is 27.3 Å². The normalized spacial score (nSPS) is 10.3. The van der Waals surface area contributed by atoms with E-state index in [1.165, 1.54) is 0 Å². The van der Waals surface area contributed by atoms with Crippen molar-refractivity contribution in [1.29, 1.82) is 0 Å². The van der Waals surface area contributed by atoms with E-state index in [2.05, 4.69) is 20.6 Å². The molecule has 1 amide bonds. The minimum atomic E-state index is -0.118. The van der Waals surface area contributed by atoms with E-state index in [9.17, 15) is 4.79 Å². The monoisotopic (exact) mass is 314 g/mol. The number of pyridine rings is 2. The summed E-state index contributed by atoms with van der Waals surface area (Å²) in [5, 5.41) is 5.95. The fourth-order valence-electron chi connectivity index (χ4n) is 2.32. The third-order valence-corrected chi connectivity index (χ3v) is 3.55. The predicted molar refractivity (Wildman–Crippen MR) is 89.8 cm³/mol. The predicted octanol–water partition coefficient (Wildman–Crippen LogP) is 2.46. The van der Waals surface area contributed by atoms with Gasteiger partial charge in [0.05, 0.1) is 24.9 Å². The number of carbonyl (C=O) groups excluding carboxylic acids is 1. The molecular formula is C17H22N4O2. The largest absolute Gasteiger partial charge is 0.496 e. The van der Waals surface area contributed by atoms with Gasteiger partial charge in [0, 0.05) is 30.1 Å². The van der Waals surface area contributed by atoms with Crippen LogP contribution in [0.15, 0.2) is 24.5 Å². The van der Waals surface area contributed by atoms with Crippen molar-refractivity contribution < 1.29 is 9.53 Å². The van der Waals surface area contributed by atoms with Gasteiger partial charge in [0.1, 0.15) is 11.6 Å². The van der Waals surface area contributed by atoms with Crippen LogP contribution in [0.5, 0.6) is 5.75 Å². The molecule has 0 fully saturated rings. The molecule has 2 N–H and O–H groups in total. The number of nitrogens with one attached hydrogen (secondary N) is 2. The highest BCUT2D eigenvalue weighted by Crippen LogP contribution is 2.24. The minimum Gasteiger partial charge on any atom is -0.496 e. The maximum absolute atomic E-state index is 11.7. The van der Waals surface area contributed by atoms with Crippen LogP contribution in [0, 0.1) is 13.8 Å². The van der Waals surface area contributed by atoms with E-state index >= 15 is 0 Å². The number of ether oxygens (including phenoxy) is 1. The van der Waals surface area contributed by atoms with Crippen LogP contribution in [-0.2, 0) is 6.54 Å². The number of nitrogens with zero attached hydrogens (tertiary/aromatic N) is 2. The van der Waals surface area contributed by atoms with Crippen LogP contribution in [0.2, 0.25) is 0 Å². The van der Waals surface area contributed by atoms with Crippen molar-refractivity contribution in [3.63, 3.8) is 0 Å². The lowest BCUT2D eigenvalue weighted by Gasteiger charge is -2.13. The third-order valence-electron chi connectivity index (χ3n) is 3.55. The second kappa shape index (κ2) is 7.58. The molecule has 0 aliphatic carbocycles. The first kappa shape index (κ1) is 16.7. The topological polar surface area (TPSA) is 76.1 Å². The van der Waals surface area contributed by atoms with Crippen molar-refractivity contribution in [3.8, 4) is 5.75 Å². The molecule has 0 bridgehead atoms. The van der Waals surface area contributed by atoms with Gasteiger partial charge in [-0.2, -0.15) is 0 Å². The Labute approximate surface area is 136 Å². The fourth-order valence-corrected chi connectivity index (χ4v) is 2.32. The highest BCUT2D eigenvalue weighted by Gasteiger charge is 2.10. The van der Waals surface area contributed by atoms with E-state index in [0.717, 1.165) is 22.6 Å². The number of anilines is 1. The molecule has 0 aliphatic heterocycles. The van der Waals surface area contributed by atoms with E-state index in [1.54, 1.807) is 31.6 Å². The van der Waals surface area contributed by atoms with E-state index in [-0.39, 0.29) is 5.91 Å². The number of methoxy groups -OCH3 is 1. The summed E-state index contributed by atoms with van der Waals surface area (Å²) in [6.45, 7) is 6.97. The SMILES string of the molecule is CCNC(=O)c1ccc(NCc2ncc(C)c(OC)c2C)nc1. The number of aromatic nitrogens is 2. The van der Waals surface area contributed by atoms with Gasteiger partial charge >= 0.3 is 0 Å². The van der Waals surface area contributed by atoms with Gasteiger partial charge in [0.25, 0.3) is 5.91 Å². The van der Waals surface area contributed by atoms with Gasteiger partial charge in [0.2, 0.25) is 0 Å². The lowest BCUT2D eigenvalue weighted by molar-refractivity contribution is 0.0955. The number of amides is 1. The first-order valence-corrected chi connectivity index (χ1v) is 7.54. The summed E-state index contributed by atoms with van der Waals surface area (Å²) in [5.41, 5.74) is 3.47. The van der Waals surface area contributed by atoms with Gasteiger partial charge in [-0.3, -0.25) is 9.78 Å². The molecule has 0 saturated carbocycles. The van der Waals surface area contributed by atoms with Crippen molar-refractivity contribution in [1.82, 2.24) is 15.3 Å². The first-order valence-electron chi connectivity index (χ1n) is 7.54. The highest BCUT2D eigenvalue weighted by atomic mass is 16.5. The summed E-state index contributed by atoms with van der Waals surface area (Å²) in [7, 11) is 1.66. The Hall–Kier alpha value is -2.63. The van der Waals surface area contributed by atoms with E-state index in [1.807, 2.05) is 20.8 Å². The summed E-state index contributed by atoms with van der Waals surface area (Å²) in [6, 6.07) is 3.53. The van der Waals surface area contributed by atoms with Crippen LogP contribution in [0.25, 0.3) is 0 Å². The summed E-state index contributed by atoms with van der Waals surface area (Å²) in [6.07, 6.45) is 3.36. The van der Waals surface area contributed by atoms with E-state index < -0.39 is 0 Å². The van der Waals surface area contributed by atoms with Crippen LogP contribution in [-0.4, -0.2) is 29.5 Å². The van der Waals surface area contributed by atoms with Crippen LogP contribution in [0.1, 0.15) is 34.1 Å². The molecule has 2 rings (SSSR count). The Morgan fingerprint density at radius 2 is 2.00 bits per heavy atom. The number of aryl methyl sites for hydroxylation is 1. The van der Waals surface area contributed by atoms with Crippen molar-refractivity contribution in [3.05, 3.63) is 46.9 Å². The molecule has 122 valence electrons. The third kappa shape index (κ3) is 3.97. The van der Waals surface area contributed by atoms with Gasteiger partial charge in [-0.1, -0.05) is 0 Å². The van der Waals surface area contributed by atoms with Crippen LogP contribution >= 0.6 is 0 Å². The van der Waals surface area contributed by atoms with Crippen LogP contribution < -0.4 is 15.4 Å². The zero-order valence-electron chi connectivity index (χ0n) is 13.9. The van der Waals surface area contributed by atoms with Gasteiger partial charge in [-0.25, -0.2) is 4.98 Å². The number of carbonyl (C=O) groups is 1. The Kier molecular flexibility index (Phi) is 5.51. The van der Waals surface area contributed by atoms with Gasteiger partial charge in [-0.05, 0) is 32.9 Å². The summed E-state index contributed by atoms with van der Waals surface area (Å²) >= 11 is 0. The molecule has 2 heterocycles. The summed E-state index contributed by atoms with van der Waals surface area (Å²) in [4.78, 5) is 20.4. The second-order valence-corrected chi connectivity index (χ2v) is 5.19. The minimum absolute atomic E-state index is 0.118. The van der Waals surface area contributed by atoms with Gasteiger partial charge in [0.15, 0.2) is 0 Å². The average molecular weight is 314 g/mol. The molecule has 2 aromatic rings. The molecule has 0 unspecified atom stereocenters. The summed E-state index contributed by atoms with van der Waals surface area (Å²) < 4.78 is 5.41. The smallest absolute Gasteiger partial charge is 0.252 e. The maximum atomic E-state index is 11.7. The van der Waals surface area contributed by atoms with E-state index in [4.69, 9.17) is 4.74 Å². The zero-order valence-corrected chi connectivity index (χ0v) is 13.9. The molecule has 0 spiro atoms. The average Bonchev–Trinajstić information content (AvgIpc) is 2.55. The summed E-state index contributed by atoms with van der Waals surface area (Å²) in [5.74, 6) is 1.43. The Morgan fingerprint density at radius 3 is 2.61 bits per heavy atom. The Morgan fingerprint density at radius 1 is 1.22 bits per heavy atom. The molecule has 0 saturated heterocycles.